The van der Waals surface area contributed by atoms with E-state index < -0.39 is 6.04 Å². The molecule has 33 heavy (non-hydrogen) atoms. The van der Waals surface area contributed by atoms with Gasteiger partial charge in [-0.25, -0.2) is 4.98 Å². The van der Waals surface area contributed by atoms with E-state index in [0.29, 0.717) is 47.6 Å². The maximum absolute atomic E-state index is 13.5. The topological polar surface area (TPSA) is 172 Å². The molecule has 0 bridgehead atoms. The van der Waals surface area contributed by atoms with Gasteiger partial charge in [-0.3, -0.25) is 9.36 Å². The molecule has 1 saturated carbocycles. The van der Waals surface area contributed by atoms with Crippen molar-refractivity contribution in [1.29, 1.82) is 10.5 Å². The Labute approximate surface area is 194 Å². The number of nitrogens with one attached hydrogen (secondary N) is 1. The number of unbranched alkanes of at least 4 members (excludes halogenated alkanes) is 2. The van der Waals surface area contributed by atoms with Crippen molar-refractivity contribution in [2.75, 3.05) is 16.8 Å². The lowest BCUT2D eigenvalue weighted by molar-refractivity contribution is 0.520. The highest BCUT2D eigenvalue weighted by Gasteiger charge is 2.36. The average Bonchev–Trinajstić information content (AvgIpc) is 3.61. The number of hydrogen-bond acceptors (Lipinski definition) is 9. The smallest absolute Gasteiger partial charge is 0.262 e. The van der Waals surface area contributed by atoms with Crippen molar-refractivity contribution >= 4 is 40.1 Å². The molecule has 1 atom stereocenters. The molecule has 0 amide bonds. The third kappa shape index (κ3) is 4.52. The van der Waals surface area contributed by atoms with Gasteiger partial charge in [0.25, 0.3) is 5.56 Å². The van der Waals surface area contributed by atoms with Gasteiger partial charge >= 0.3 is 0 Å². The monoisotopic (exact) mass is 463 g/mol. The third-order valence-corrected chi connectivity index (χ3v) is 5.93. The summed E-state index contributed by atoms with van der Waals surface area (Å²) in [6.45, 7) is 0.383. The molecular weight excluding hydrogens is 442 g/mol. The molecule has 0 unspecified atom stereocenters. The van der Waals surface area contributed by atoms with Crippen LogP contribution in [-0.4, -0.2) is 19.5 Å². The number of nitrogen functional groups attached to an aromatic ring is 2. The van der Waals surface area contributed by atoms with E-state index >= 15 is 0 Å². The molecule has 2 heterocycles. The van der Waals surface area contributed by atoms with Gasteiger partial charge in [0.05, 0.1) is 28.0 Å². The lowest BCUT2D eigenvalue weighted by Crippen LogP contribution is -2.31. The zero-order valence-corrected chi connectivity index (χ0v) is 18.5. The highest BCUT2D eigenvalue weighted by molar-refractivity contribution is 6.35. The SMILES string of the molecule is N#CCCCCn1c([C@@H](Nc2nc(N)nc(N)c2C#N)C2CC2)nc2cccc(Cl)c2c1=O. The Kier molecular flexibility index (Phi) is 6.29. The van der Waals surface area contributed by atoms with Crippen molar-refractivity contribution in [2.24, 2.45) is 5.92 Å². The largest absolute Gasteiger partial charge is 0.382 e. The molecule has 3 aromatic rings. The molecule has 0 spiro atoms. The van der Waals surface area contributed by atoms with Gasteiger partial charge in [-0.15, -0.1) is 0 Å². The number of fused-ring (bicyclic) bond motifs is 1. The molecule has 1 aliphatic carbocycles. The van der Waals surface area contributed by atoms with Crippen LogP contribution in [0.1, 0.15) is 49.5 Å². The number of nitriles is 2. The number of anilines is 3. The van der Waals surface area contributed by atoms with E-state index in [2.05, 4.69) is 21.4 Å². The summed E-state index contributed by atoms with van der Waals surface area (Å²) in [6, 6.07) is 8.89. The molecule has 168 valence electrons. The number of nitrogens with zero attached hydrogens (tertiary/aromatic N) is 6. The van der Waals surface area contributed by atoms with Crippen molar-refractivity contribution < 1.29 is 0 Å². The molecule has 10 nitrogen and oxygen atoms in total. The van der Waals surface area contributed by atoms with Gasteiger partial charge in [-0.2, -0.15) is 20.5 Å². The van der Waals surface area contributed by atoms with Crippen molar-refractivity contribution in [3.05, 3.63) is 45.0 Å². The summed E-state index contributed by atoms with van der Waals surface area (Å²) in [5, 5.41) is 22.4. The molecule has 0 aliphatic heterocycles. The van der Waals surface area contributed by atoms with Gasteiger partial charge in [0.1, 0.15) is 23.3 Å². The minimum atomic E-state index is -0.405. The lowest BCUT2D eigenvalue weighted by Gasteiger charge is -2.23. The Balaban J connectivity index is 1.84. The first-order valence-electron chi connectivity index (χ1n) is 10.6. The number of rotatable bonds is 8. The zero-order chi connectivity index (χ0) is 23.5. The Bertz CT molecular complexity index is 1350. The van der Waals surface area contributed by atoms with E-state index in [1.165, 1.54) is 0 Å². The van der Waals surface area contributed by atoms with Crippen LogP contribution in [0.2, 0.25) is 5.02 Å². The zero-order valence-electron chi connectivity index (χ0n) is 17.8. The molecule has 0 radical (unpaired) electrons. The summed E-state index contributed by atoms with van der Waals surface area (Å²) in [5.41, 5.74) is 12.0. The van der Waals surface area contributed by atoms with Crippen LogP contribution >= 0.6 is 11.6 Å². The molecule has 1 aliphatic rings. The van der Waals surface area contributed by atoms with Crippen LogP contribution in [0, 0.1) is 28.6 Å². The minimum absolute atomic E-state index is 0.0193. The van der Waals surface area contributed by atoms with Gasteiger partial charge in [-0.1, -0.05) is 17.7 Å². The van der Waals surface area contributed by atoms with E-state index in [-0.39, 0.29) is 34.6 Å². The van der Waals surface area contributed by atoms with Crippen molar-refractivity contribution in [3.63, 3.8) is 0 Å². The van der Waals surface area contributed by atoms with Crippen LogP contribution in [0.4, 0.5) is 17.6 Å². The number of hydrogen-bond donors (Lipinski definition) is 3. The summed E-state index contributed by atoms with van der Waals surface area (Å²) in [6.07, 6.45) is 3.54. The lowest BCUT2D eigenvalue weighted by atomic mass is 10.1. The summed E-state index contributed by atoms with van der Waals surface area (Å²) in [5.74, 6) is 0.831. The van der Waals surface area contributed by atoms with E-state index in [0.717, 1.165) is 12.8 Å². The fourth-order valence-corrected chi connectivity index (χ4v) is 4.10. The van der Waals surface area contributed by atoms with E-state index in [4.69, 9.17) is 33.3 Å². The predicted octanol–water partition coefficient (Wildman–Crippen LogP) is 3.13. The summed E-state index contributed by atoms with van der Waals surface area (Å²) >= 11 is 6.34. The summed E-state index contributed by atoms with van der Waals surface area (Å²) in [7, 11) is 0. The van der Waals surface area contributed by atoms with Crippen molar-refractivity contribution in [1.82, 2.24) is 19.5 Å². The van der Waals surface area contributed by atoms with Crippen LogP contribution in [0.3, 0.4) is 0 Å². The Morgan fingerprint density at radius 2 is 2.00 bits per heavy atom. The highest BCUT2D eigenvalue weighted by atomic mass is 35.5. The second-order valence-electron chi connectivity index (χ2n) is 7.94. The highest BCUT2D eigenvalue weighted by Crippen LogP contribution is 2.43. The van der Waals surface area contributed by atoms with Gasteiger partial charge in [0.15, 0.2) is 5.82 Å². The van der Waals surface area contributed by atoms with Gasteiger partial charge in [0.2, 0.25) is 5.95 Å². The summed E-state index contributed by atoms with van der Waals surface area (Å²) < 4.78 is 1.61. The van der Waals surface area contributed by atoms with Crippen LogP contribution in [0.25, 0.3) is 10.9 Å². The van der Waals surface area contributed by atoms with E-state index in [9.17, 15) is 10.1 Å². The molecule has 11 heteroatoms. The van der Waals surface area contributed by atoms with Crippen LogP contribution in [-0.2, 0) is 6.54 Å². The number of halogens is 1. The third-order valence-electron chi connectivity index (χ3n) is 5.61. The fraction of sp³-hybridized carbons (Fsp3) is 0.364. The maximum atomic E-state index is 13.5. The Morgan fingerprint density at radius 1 is 1.21 bits per heavy atom. The van der Waals surface area contributed by atoms with Crippen molar-refractivity contribution in [2.45, 2.75) is 44.7 Å². The van der Waals surface area contributed by atoms with Crippen LogP contribution in [0.5, 0.6) is 0 Å². The standard InChI is InChI=1S/C22H22ClN9O/c23-14-5-4-6-15-16(14)21(33)32(10-3-1-2-9-24)20(28-15)17(12-7-8-12)29-19-13(11-25)18(26)30-22(27)31-19/h4-6,12,17H,1-3,7-8,10H2,(H5,26,27,29,30,31)/t17-/m0/s1. The molecule has 2 aromatic heterocycles. The molecule has 0 saturated heterocycles. The normalized spacial score (nSPS) is 13.9. The maximum Gasteiger partial charge on any atom is 0.262 e. The first-order valence-corrected chi connectivity index (χ1v) is 11.0. The average molecular weight is 464 g/mol. The van der Waals surface area contributed by atoms with Gasteiger partial charge < -0.3 is 16.8 Å². The molecule has 4 rings (SSSR count). The fourth-order valence-electron chi connectivity index (χ4n) is 3.85. The summed E-state index contributed by atoms with van der Waals surface area (Å²) in [4.78, 5) is 26.3. The molecule has 1 aromatic carbocycles. The van der Waals surface area contributed by atoms with Crippen LogP contribution < -0.4 is 22.3 Å². The molecule has 5 N–H and O–H groups in total. The van der Waals surface area contributed by atoms with E-state index in [1.54, 1.807) is 22.8 Å². The second-order valence-corrected chi connectivity index (χ2v) is 8.35. The number of aromatic nitrogens is 4. The quantitative estimate of drug-likeness (QED) is 0.424. The number of benzene rings is 1. The Hall–Kier alpha value is -3.89. The first-order chi connectivity index (χ1) is 15.9. The first kappa shape index (κ1) is 22.3. The Morgan fingerprint density at radius 3 is 2.70 bits per heavy atom. The van der Waals surface area contributed by atoms with Crippen molar-refractivity contribution in [3.8, 4) is 12.1 Å². The van der Waals surface area contributed by atoms with E-state index in [1.807, 2.05) is 6.07 Å². The molecular formula is C22H22ClN9O. The second kappa shape index (κ2) is 9.31. The predicted molar refractivity (Wildman–Crippen MR) is 125 cm³/mol. The molecule has 1 fully saturated rings. The van der Waals surface area contributed by atoms with Crippen LogP contribution in [0.15, 0.2) is 23.0 Å². The number of nitrogens with two attached hydrogens (primary N) is 2. The van der Waals surface area contributed by atoms with Gasteiger partial charge in [0, 0.05) is 13.0 Å². The minimum Gasteiger partial charge on any atom is -0.382 e. The van der Waals surface area contributed by atoms with Gasteiger partial charge in [-0.05, 0) is 43.7 Å².